The number of hydrogen-bond donors (Lipinski definition) is 0. The SMILES string of the molecule is c1ccc2ncc(-c3c4ccccc4c(-c4ccc5c(ccc6cc(-c7c8ccccc8c(-c8cnc9ccccc9c8)c8ccccc78)ccc65)c4)c4ccccc34)cc2c1. The molecule has 0 spiro atoms. The first-order valence-electron chi connectivity index (χ1n) is 21.3. The normalized spacial score (nSPS) is 11.9. The van der Waals surface area contributed by atoms with E-state index in [1.807, 2.05) is 24.5 Å². The van der Waals surface area contributed by atoms with Crippen molar-refractivity contribution in [3.05, 3.63) is 219 Å². The number of fused-ring (bicyclic) bond motifs is 9. The van der Waals surface area contributed by atoms with Crippen LogP contribution in [0, 0.1) is 0 Å². The molecule has 0 amide bonds. The predicted molar refractivity (Wildman–Crippen MR) is 264 cm³/mol. The Kier molecular flexibility index (Phi) is 7.64. The summed E-state index contributed by atoms with van der Waals surface area (Å²) in [6, 6.07) is 75.4. The first-order valence-corrected chi connectivity index (χ1v) is 21.3. The Hall–Kier alpha value is -8.20. The van der Waals surface area contributed by atoms with Crippen LogP contribution in [-0.2, 0) is 0 Å². The molecular formula is C60H36N2. The van der Waals surface area contributed by atoms with E-state index in [0.29, 0.717) is 0 Å². The van der Waals surface area contributed by atoms with Gasteiger partial charge in [0.25, 0.3) is 0 Å². The second kappa shape index (κ2) is 13.7. The third-order valence-corrected chi connectivity index (χ3v) is 13.0. The second-order valence-corrected chi connectivity index (χ2v) is 16.5. The number of para-hydroxylation sites is 2. The van der Waals surface area contributed by atoms with E-state index in [4.69, 9.17) is 9.97 Å². The van der Waals surface area contributed by atoms with E-state index in [0.717, 1.165) is 32.9 Å². The van der Waals surface area contributed by atoms with Gasteiger partial charge in [-0.05, 0) is 134 Å². The molecule has 2 heterocycles. The van der Waals surface area contributed by atoms with Crippen LogP contribution in [0.2, 0.25) is 0 Å². The number of hydrogen-bond acceptors (Lipinski definition) is 2. The number of nitrogens with zero attached hydrogens (tertiary/aromatic N) is 2. The number of aromatic nitrogens is 2. The highest BCUT2D eigenvalue weighted by atomic mass is 14.7. The van der Waals surface area contributed by atoms with Crippen molar-refractivity contribution in [2.24, 2.45) is 0 Å². The zero-order valence-electron chi connectivity index (χ0n) is 33.7. The molecule has 0 N–H and O–H groups in total. The molecule has 13 rings (SSSR count). The van der Waals surface area contributed by atoms with Gasteiger partial charge in [0, 0.05) is 34.3 Å². The van der Waals surface area contributed by atoms with Gasteiger partial charge in [-0.2, -0.15) is 0 Å². The molecule has 62 heavy (non-hydrogen) atoms. The summed E-state index contributed by atoms with van der Waals surface area (Å²) in [4.78, 5) is 9.76. The molecule has 2 nitrogen and oxygen atoms in total. The highest BCUT2D eigenvalue weighted by Crippen LogP contribution is 2.47. The van der Waals surface area contributed by atoms with Gasteiger partial charge in [-0.25, -0.2) is 0 Å². The maximum absolute atomic E-state index is 4.88. The molecule has 2 aromatic heterocycles. The van der Waals surface area contributed by atoms with Gasteiger partial charge in [0.05, 0.1) is 11.0 Å². The Bertz CT molecular complexity index is 3620. The van der Waals surface area contributed by atoms with Gasteiger partial charge in [0.2, 0.25) is 0 Å². The molecule has 0 radical (unpaired) electrons. The molecule has 0 saturated carbocycles. The Labute approximate surface area is 358 Å². The molecule has 0 aliphatic carbocycles. The van der Waals surface area contributed by atoms with Crippen molar-refractivity contribution >= 4 is 86.4 Å². The minimum absolute atomic E-state index is 1.01. The Balaban J connectivity index is 0.967. The third kappa shape index (κ3) is 5.30. The average molecular weight is 785 g/mol. The van der Waals surface area contributed by atoms with Crippen molar-refractivity contribution < 1.29 is 0 Å². The Morgan fingerprint density at radius 3 is 0.855 bits per heavy atom. The summed E-state index contributed by atoms with van der Waals surface area (Å²) < 4.78 is 0. The van der Waals surface area contributed by atoms with E-state index < -0.39 is 0 Å². The van der Waals surface area contributed by atoms with Gasteiger partial charge in [-0.15, -0.1) is 0 Å². The molecular weight excluding hydrogens is 749 g/mol. The highest BCUT2D eigenvalue weighted by Gasteiger charge is 2.20. The van der Waals surface area contributed by atoms with Crippen molar-refractivity contribution in [1.29, 1.82) is 0 Å². The molecule has 0 bridgehead atoms. The summed E-state index contributed by atoms with van der Waals surface area (Å²) in [6.45, 7) is 0. The summed E-state index contributed by atoms with van der Waals surface area (Å²) in [5.41, 5.74) is 11.7. The maximum atomic E-state index is 4.88. The Morgan fingerprint density at radius 1 is 0.210 bits per heavy atom. The molecule has 0 saturated heterocycles. The molecule has 0 aliphatic rings. The minimum Gasteiger partial charge on any atom is -0.256 e. The minimum atomic E-state index is 1.01. The fourth-order valence-electron chi connectivity index (χ4n) is 10.3. The van der Waals surface area contributed by atoms with Gasteiger partial charge >= 0.3 is 0 Å². The summed E-state index contributed by atoms with van der Waals surface area (Å²) in [6.07, 6.45) is 4.07. The lowest BCUT2D eigenvalue weighted by molar-refractivity contribution is 1.41. The molecule has 0 unspecified atom stereocenters. The smallest absolute Gasteiger partial charge is 0.0702 e. The van der Waals surface area contributed by atoms with Gasteiger partial charge in [0.1, 0.15) is 0 Å². The fourth-order valence-corrected chi connectivity index (χ4v) is 10.3. The van der Waals surface area contributed by atoms with Crippen LogP contribution >= 0.6 is 0 Å². The summed E-state index contributed by atoms with van der Waals surface area (Å²) in [7, 11) is 0. The van der Waals surface area contributed by atoms with Crippen molar-refractivity contribution in [3.8, 4) is 44.5 Å². The van der Waals surface area contributed by atoms with Crippen molar-refractivity contribution in [3.63, 3.8) is 0 Å². The van der Waals surface area contributed by atoms with Crippen molar-refractivity contribution in [2.75, 3.05) is 0 Å². The predicted octanol–water partition coefficient (Wildman–Crippen LogP) is 16.4. The first kappa shape index (κ1) is 34.6. The monoisotopic (exact) mass is 784 g/mol. The molecule has 2 heteroatoms. The molecule has 0 fully saturated rings. The van der Waals surface area contributed by atoms with Crippen molar-refractivity contribution in [1.82, 2.24) is 9.97 Å². The van der Waals surface area contributed by atoms with E-state index >= 15 is 0 Å². The van der Waals surface area contributed by atoms with Crippen LogP contribution in [0.4, 0.5) is 0 Å². The molecule has 286 valence electrons. The van der Waals surface area contributed by atoms with Crippen LogP contribution < -0.4 is 0 Å². The zero-order chi connectivity index (χ0) is 40.7. The maximum Gasteiger partial charge on any atom is 0.0702 e. The van der Waals surface area contributed by atoms with Crippen LogP contribution in [0.5, 0.6) is 0 Å². The van der Waals surface area contributed by atoms with Crippen LogP contribution in [0.1, 0.15) is 0 Å². The van der Waals surface area contributed by atoms with Crippen molar-refractivity contribution in [2.45, 2.75) is 0 Å². The van der Waals surface area contributed by atoms with Crippen LogP contribution in [0.3, 0.4) is 0 Å². The van der Waals surface area contributed by atoms with Gasteiger partial charge in [-0.1, -0.05) is 170 Å². The van der Waals surface area contributed by atoms with E-state index in [1.54, 1.807) is 0 Å². The molecule has 11 aromatic carbocycles. The van der Waals surface area contributed by atoms with Crippen LogP contribution in [-0.4, -0.2) is 9.97 Å². The Morgan fingerprint density at radius 2 is 0.500 bits per heavy atom. The van der Waals surface area contributed by atoms with E-state index in [-0.39, 0.29) is 0 Å². The van der Waals surface area contributed by atoms with Gasteiger partial charge in [0.15, 0.2) is 0 Å². The van der Waals surface area contributed by atoms with E-state index in [2.05, 4.69) is 194 Å². The van der Waals surface area contributed by atoms with Gasteiger partial charge in [-0.3, -0.25) is 9.97 Å². The lowest BCUT2D eigenvalue weighted by Gasteiger charge is -2.19. The number of rotatable bonds is 4. The summed E-state index contributed by atoms with van der Waals surface area (Å²) >= 11 is 0. The largest absolute Gasteiger partial charge is 0.256 e. The molecule has 0 aliphatic heterocycles. The lowest BCUT2D eigenvalue weighted by atomic mass is 9.85. The standard InChI is InChI=1S/C60H36N2/c1-11-23-55-39(13-1)33-43(35-61-55)59-51-19-7-3-15-47(51)57(48-16-4-8-20-52(48)59)41-27-29-45-37(31-41)25-26-38-32-42(28-30-46(38)45)58-49-17-5-9-21-53(49)60(54-22-10-6-18-50(54)58)44-34-40-14-2-12-24-56(40)62-36-44/h1-36H. The van der Waals surface area contributed by atoms with Gasteiger partial charge < -0.3 is 0 Å². The van der Waals surface area contributed by atoms with E-state index in [1.165, 1.54) is 98.0 Å². The topological polar surface area (TPSA) is 25.8 Å². The molecule has 13 aromatic rings. The van der Waals surface area contributed by atoms with Crippen LogP contribution in [0.15, 0.2) is 219 Å². The first-order chi connectivity index (χ1) is 30.7. The third-order valence-electron chi connectivity index (χ3n) is 13.0. The quantitative estimate of drug-likeness (QED) is 0.131. The zero-order valence-corrected chi connectivity index (χ0v) is 33.7. The number of benzene rings is 11. The van der Waals surface area contributed by atoms with Crippen LogP contribution in [0.25, 0.3) is 131 Å². The highest BCUT2D eigenvalue weighted by molar-refractivity contribution is 6.24. The van der Waals surface area contributed by atoms with E-state index in [9.17, 15) is 0 Å². The second-order valence-electron chi connectivity index (χ2n) is 16.5. The number of pyridine rings is 2. The molecule has 0 atom stereocenters. The summed E-state index contributed by atoms with van der Waals surface area (Å²) in [5, 5.41) is 17.1. The lowest BCUT2D eigenvalue weighted by Crippen LogP contribution is -1.92. The average Bonchev–Trinajstić information content (AvgIpc) is 3.34. The summed E-state index contributed by atoms with van der Waals surface area (Å²) in [5.74, 6) is 0. The fraction of sp³-hybridized carbons (Fsp3) is 0.